The molecule has 0 bridgehead atoms. The molecule has 0 radical (unpaired) electrons. The molecule has 1 saturated carbocycles. The quantitative estimate of drug-likeness (QED) is 0.102. The van der Waals surface area contributed by atoms with Crippen molar-refractivity contribution in [2.75, 3.05) is 13.2 Å². The van der Waals surface area contributed by atoms with Crippen molar-refractivity contribution in [2.45, 2.75) is 99.2 Å². The summed E-state index contributed by atoms with van der Waals surface area (Å²) in [5.74, 6) is -2.98. The van der Waals surface area contributed by atoms with Crippen LogP contribution >= 0.6 is 0 Å². The molecule has 2 saturated heterocycles. The fraction of sp³-hybridized carbons (Fsp3) is 0.559. The van der Waals surface area contributed by atoms with E-state index in [1.807, 2.05) is 0 Å². The molecule has 15 atom stereocenters. The van der Waals surface area contributed by atoms with Gasteiger partial charge in [0.25, 0.3) is 0 Å². The molecule has 292 valence electrons. The van der Waals surface area contributed by atoms with Crippen LogP contribution in [0, 0.1) is 5.92 Å². The van der Waals surface area contributed by atoms with Gasteiger partial charge in [-0.3, -0.25) is 4.79 Å². The second-order valence-corrected chi connectivity index (χ2v) is 13.4. The molecule has 3 aliphatic rings. The Morgan fingerprint density at radius 1 is 0.736 bits per heavy atom. The summed E-state index contributed by atoms with van der Waals surface area (Å²) in [6.07, 6.45) is -22.6. The Kier molecular flexibility index (Phi) is 11.5. The molecule has 0 spiro atoms. The molecule has 19 nitrogen and oxygen atoms in total. The zero-order valence-corrected chi connectivity index (χ0v) is 28.0. The maximum Gasteiger partial charge on any atom is 0.239 e. The highest BCUT2D eigenvalue weighted by molar-refractivity contribution is 5.88. The monoisotopic (exact) mass is 754 g/mol. The van der Waals surface area contributed by atoms with Crippen LogP contribution < -0.4 is 14.9 Å². The number of fused-ring (bicyclic) bond motifs is 1. The zero-order valence-electron chi connectivity index (χ0n) is 28.0. The van der Waals surface area contributed by atoms with Crippen LogP contribution in [0.5, 0.6) is 23.0 Å². The third-order valence-corrected chi connectivity index (χ3v) is 9.82. The SMILES string of the molecule is CC1OC(Oc2c(-c3ccc(O)cc3)oc3cc(OC4OC(CO)C(O)C(O)C4O)cc(O)c3c2=O)C(OC2CC(CO)C(O)C(O)C2O)C(O)C1O. The number of aromatic hydroxyl groups is 2. The molecule has 3 aromatic rings. The molecule has 1 aromatic heterocycles. The number of phenols is 2. The van der Waals surface area contributed by atoms with Crippen molar-refractivity contribution in [1.29, 1.82) is 0 Å². The highest BCUT2D eigenvalue weighted by atomic mass is 16.7. The second-order valence-electron chi connectivity index (χ2n) is 13.4. The molecule has 15 unspecified atom stereocenters. The van der Waals surface area contributed by atoms with Crippen molar-refractivity contribution in [2.24, 2.45) is 5.92 Å². The molecular weight excluding hydrogens is 712 g/mol. The summed E-state index contributed by atoms with van der Waals surface area (Å²) in [6.45, 7) is 0.0770. The van der Waals surface area contributed by atoms with Crippen LogP contribution in [0.25, 0.3) is 22.3 Å². The molecule has 2 aromatic carbocycles. The van der Waals surface area contributed by atoms with Crippen LogP contribution in [0.2, 0.25) is 0 Å². The highest BCUT2D eigenvalue weighted by Gasteiger charge is 2.50. The van der Waals surface area contributed by atoms with Crippen molar-refractivity contribution < 1.29 is 89.4 Å². The lowest BCUT2D eigenvalue weighted by atomic mass is 9.81. The molecule has 2 aliphatic heterocycles. The number of benzene rings is 2. The predicted octanol–water partition coefficient (Wildman–Crippen LogP) is -3.26. The molecule has 3 heterocycles. The lowest BCUT2D eigenvalue weighted by Gasteiger charge is -2.45. The normalized spacial score (nSPS) is 37.8. The first-order valence-corrected chi connectivity index (χ1v) is 16.7. The smallest absolute Gasteiger partial charge is 0.239 e. The molecule has 3 fully saturated rings. The van der Waals surface area contributed by atoms with E-state index in [4.69, 9.17) is 28.1 Å². The fourth-order valence-electron chi connectivity index (χ4n) is 6.69. The van der Waals surface area contributed by atoms with Gasteiger partial charge in [-0.15, -0.1) is 0 Å². The van der Waals surface area contributed by atoms with E-state index in [1.54, 1.807) is 0 Å². The van der Waals surface area contributed by atoms with Crippen LogP contribution in [-0.2, 0) is 14.2 Å². The molecular formula is C34H42O19. The maximum absolute atomic E-state index is 14.2. The van der Waals surface area contributed by atoms with Crippen molar-refractivity contribution in [3.63, 3.8) is 0 Å². The van der Waals surface area contributed by atoms with Crippen LogP contribution in [0.3, 0.4) is 0 Å². The third-order valence-electron chi connectivity index (χ3n) is 9.82. The summed E-state index contributed by atoms with van der Waals surface area (Å²) < 4.78 is 34.9. The first kappa shape index (κ1) is 39.0. The summed E-state index contributed by atoms with van der Waals surface area (Å²) in [4.78, 5) is 14.2. The van der Waals surface area contributed by atoms with E-state index >= 15 is 0 Å². The van der Waals surface area contributed by atoms with E-state index in [0.29, 0.717) is 0 Å². The van der Waals surface area contributed by atoms with Gasteiger partial charge in [-0.05, 0) is 37.6 Å². The lowest BCUT2D eigenvalue weighted by Crippen LogP contribution is -2.63. The van der Waals surface area contributed by atoms with Gasteiger partial charge in [0.15, 0.2) is 5.76 Å². The average molecular weight is 755 g/mol. The van der Waals surface area contributed by atoms with Crippen molar-refractivity contribution >= 4 is 11.0 Å². The largest absolute Gasteiger partial charge is 0.508 e. The molecule has 0 amide bonds. The van der Waals surface area contributed by atoms with Gasteiger partial charge in [0.05, 0.1) is 24.9 Å². The molecule has 53 heavy (non-hydrogen) atoms. The molecule has 19 heteroatoms. The summed E-state index contributed by atoms with van der Waals surface area (Å²) in [5, 5.41) is 124. The van der Waals surface area contributed by atoms with Crippen LogP contribution in [0.4, 0.5) is 0 Å². The standard InChI is InChI=1S/C34H42O19/c1-11-21(39)28(46)32(51-18-6-13(9-35)22(40)26(44)23(18)41)34(48-11)53-31-25(43)20-16(38)7-15(49-33-29(47)27(45)24(42)19(10-36)52-33)8-17(20)50-30(31)12-2-4-14(37)5-3-12/h2-5,7-8,11,13,18-19,21-24,26-29,32-42,44-47H,6,9-10H2,1H3. The van der Waals surface area contributed by atoms with E-state index in [9.17, 15) is 66.1 Å². The van der Waals surface area contributed by atoms with Gasteiger partial charge in [0.2, 0.25) is 23.8 Å². The number of phenolic OH excluding ortho intramolecular Hbond substituents is 2. The number of ether oxygens (including phenoxy) is 5. The minimum absolute atomic E-state index is 0.143. The van der Waals surface area contributed by atoms with Crippen molar-refractivity contribution in [3.05, 3.63) is 46.6 Å². The zero-order chi connectivity index (χ0) is 38.5. The minimum atomic E-state index is -1.81. The Bertz CT molecular complexity index is 1780. The van der Waals surface area contributed by atoms with Crippen molar-refractivity contribution in [3.8, 4) is 34.3 Å². The lowest BCUT2D eigenvalue weighted by molar-refractivity contribution is -0.302. The highest BCUT2D eigenvalue weighted by Crippen LogP contribution is 2.39. The summed E-state index contributed by atoms with van der Waals surface area (Å²) >= 11 is 0. The average Bonchev–Trinajstić information content (AvgIpc) is 3.13. The molecule has 12 N–H and O–H groups in total. The predicted molar refractivity (Wildman–Crippen MR) is 174 cm³/mol. The number of hydrogen-bond acceptors (Lipinski definition) is 19. The third kappa shape index (κ3) is 7.41. The van der Waals surface area contributed by atoms with E-state index in [1.165, 1.54) is 31.2 Å². The first-order chi connectivity index (χ1) is 25.1. The van der Waals surface area contributed by atoms with Crippen LogP contribution in [-0.4, -0.2) is 160 Å². The van der Waals surface area contributed by atoms with Gasteiger partial charge in [0.1, 0.15) is 83.2 Å². The van der Waals surface area contributed by atoms with Gasteiger partial charge >= 0.3 is 0 Å². The maximum atomic E-state index is 14.2. The van der Waals surface area contributed by atoms with Gasteiger partial charge in [-0.2, -0.15) is 0 Å². The van der Waals surface area contributed by atoms with E-state index in [0.717, 1.165) is 12.1 Å². The van der Waals surface area contributed by atoms with Gasteiger partial charge in [0, 0.05) is 30.2 Å². The first-order valence-electron chi connectivity index (χ1n) is 16.7. The van der Waals surface area contributed by atoms with Gasteiger partial charge < -0.3 is 89.4 Å². The summed E-state index contributed by atoms with van der Waals surface area (Å²) in [5.41, 5.74) is -1.17. The Labute approximate surface area is 299 Å². The van der Waals surface area contributed by atoms with Crippen LogP contribution in [0.1, 0.15) is 13.3 Å². The Morgan fingerprint density at radius 3 is 2.08 bits per heavy atom. The van der Waals surface area contributed by atoms with E-state index < -0.39 is 127 Å². The minimum Gasteiger partial charge on any atom is -0.508 e. The number of rotatable bonds is 9. The Balaban J connectivity index is 1.40. The Morgan fingerprint density at radius 2 is 1.42 bits per heavy atom. The molecule has 6 rings (SSSR count). The van der Waals surface area contributed by atoms with Crippen molar-refractivity contribution in [1.82, 2.24) is 0 Å². The van der Waals surface area contributed by atoms with E-state index in [2.05, 4.69) is 0 Å². The molecule has 1 aliphatic carbocycles. The van der Waals surface area contributed by atoms with E-state index in [-0.39, 0.29) is 34.8 Å². The van der Waals surface area contributed by atoms with Crippen LogP contribution in [0.15, 0.2) is 45.6 Å². The second kappa shape index (κ2) is 15.6. The summed E-state index contributed by atoms with van der Waals surface area (Å²) in [6, 6.07) is 7.35. The number of hydrogen-bond donors (Lipinski definition) is 12. The number of aliphatic hydroxyl groups excluding tert-OH is 10. The summed E-state index contributed by atoms with van der Waals surface area (Å²) in [7, 11) is 0. The van der Waals surface area contributed by atoms with Gasteiger partial charge in [-0.1, -0.05) is 0 Å². The Hall–Kier alpha value is -3.67. The number of aliphatic hydroxyl groups is 10. The topological polar surface area (TPSA) is 319 Å². The van der Waals surface area contributed by atoms with Gasteiger partial charge in [-0.25, -0.2) is 0 Å². The fourth-order valence-corrected chi connectivity index (χ4v) is 6.69.